The van der Waals surface area contributed by atoms with Gasteiger partial charge in [-0.1, -0.05) is 24.3 Å². The first-order chi connectivity index (χ1) is 7.15. The summed E-state index contributed by atoms with van der Waals surface area (Å²) < 4.78 is 0. The number of hydrogen-bond acceptors (Lipinski definition) is 2. The van der Waals surface area contributed by atoms with Crippen molar-refractivity contribution in [3.8, 4) is 0 Å². The number of aryl methyl sites for hydroxylation is 1. The molecule has 4 heteroatoms. The van der Waals surface area contributed by atoms with E-state index in [4.69, 9.17) is 10.8 Å². The Bertz CT molecular complexity index is 339. The maximum absolute atomic E-state index is 9.26. The molecule has 0 saturated heterocycles. The monoisotopic (exact) mass is 208 g/mol. The summed E-state index contributed by atoms with van der Waals surface area (Å²) in [5.41, 5.74) is 8.64. The molecule has 0 aromatic heterocycles. The molecular weight excluding hydrogens is 192 g/mol. The van der Waals surface area contributed by atoms with Crippen molar-refractivity contribution in [2.45, 2.75) is 18.9 Å². The van der Waals surface area contributed by atoms with E-state index < -0.39 is 6.09 Å². The van der Waals surface area contributed by atoms with E-state index >= 15 is 0 Å². The molecule has 1 aromatic rings. The van der Waals surface area contributed by atoms with E-state index in [1.807, 2.05) is 5.32 Å². The zero-order chi connectivity index (χ0) is 11.3. The van der Waals surface area contributed by atoms with Crippen LogP contribution in [-0.4, -0.2) is 18.2 Å². The molecule has 0 radical (unpaired) electrons. The van der Waals surface area contributed by atoms with Crippen LogP contribution in [0, 0.1) is 0 Å². The number of rotatable bonds is 0. The van der Waals surface area contributed by atoms with Gasteiger partial charge in [-0.15, -0.1) is 0 Å². The Balaban J connectivity index is 0.000000195. The van der Waals surface area contributed by atoms with Gasteiger partial charge in [0.1, 0.15) is 0 Å². The molecule has 15 heavy (non-hydrogen) atoms. The third-order valence-corrected chi connectivity index (χ3v) is 2.39. The zero-order valence-electron chi connectivity index (χ0n) is 8.73. The minimum absolute atomic E-state index is 0.302. The largest absolute Gasteiger partial charge is 0.465 e. The molecule has 0 bridgehead atoms. The SMILES string of the molecule is CNC(=O)O.NC1CCc2ccccc21. The number of nitrogens with one attached hydrogen (secondary N) is 1. The van der Waals surface area contributed by atoms with Crippen molar-refractivity contribution in [1.29, 1.82) is 0 Å². The molecule has 0 heterocycles. The minimum atomic E-state index is -0.995. The predicted octanol–water partition coefficient (Wildman–Crippen LogP) is 1.52. The van der Waals surface area contributed by atoms with Crippen molar-refractivity contribution in [3.05, 3.63) is 35.4 Å². The van der Waals surface area contributed by atoms with Crippen LogP contribution in [0.3, 0.4) is 0 Å². The summed E-state index contributed by atoms with van der Waals surface area (Å²) >= 11 is 0. The van der Waals surface area contributed by atoms with Crippen LogP contribution in [0.1, 0.15) is 23.6 Å². The fourth-order valence-corrected chi connectivity index (χ4v) is 1.59. The number of carbonyl (C=O) groups is 1. The van der Waals surface area contributed by atoms with E-state index in [0.29, 0.717) is 6.04 Å². The van der Waals surface area contributed by atoms with Crippen LogP contribution in [0.2, 0.25) is 0 Å². The maximum atomic E-state index is 9.26. The minimum Gasteiger partial charge on any atom is -0.465 e. The topological polar surface area (TPSA) is 75.3 Å². The van der Waals surface area contributed by atoms with Crippen LogP contribution < -0.4 is 11.1 Å². The van der Waals surface area contributed by atoms with Gasteiger partial charge >= 0.3 is 6.09 Å². The quantitative estimate of drug-likeness (QED) is 0.605. The highest BCUT2D eigenvalue weighted by Crippen LogP contribution is 2.28. The Morgan fingerprint density at radius 1 is 1.53 bits per heavy atom. The fraction of sp³-hybridized carbons (Fsp3) is 0.364. The predicted molar refractivity (Wildman–Crippen MR) is 58.8 cm³/mol. The Hall–Kier alpha value is -1.55. The summed E-state index contributed by atoms with van der Waals surface area (Å²) in [5, 5.41) is 9.56. The van der Waals surface area contributed by atoms with Crippen molar-refractivity contribution in [1.82, 2.24) is 5.32 Å². The van der Waals surface area contributed by atoms with E-state index in [0.717, 1.165) is 12.8 Å². The average molecular weight is 208 g/mol. The first-order valence-corrected chi connectivity index (χ1v) is 4.89. The molecular formula is C11H16N2O2. The van der Waals surface area contributed by atoms with Crippen molar-refractivity contribution in [2.75, 3.05) is 7.05 Å². The van der Waals surface area contributed by atoms with Gasteiger partial charge in [0.05, 0.1) is 0 Å². The number of fused-ring (bicyclic) bond motifs is 1. The van der Waals surface area contributed by atoms with Crippen LogP contribution >= 0.6 is 0 Å². The Labute approximate surface area is 89.1 Å². The van der Waals surface area contributed by atoms with Crippen LogP contribution in [0.15, 0.2) is 24.3 Å². The Morgan fingerprint density at radius 3 is 2.67 bits per heavy atom. The summed E-state index contributed by atoms with van der Waals surface area (Å²) in [6.45, 7) is 0. The van der Waals surface area contributed by atoms with Crippen molar-refractivity contribution in [3.63, 3.8) is 0 Å². The smallest absolute Gasteiger partial charge is 0.404 e. The van der Waals surface area contributed by atoms with Crippen molar-refractivity contribution in [2.24, 2.45) is 5.73 Å². The molecule has 1 aliphatic rings. The standard InChI is InChI=1S/C9H11N.C2H5NO2/c10-9-6-5-7-3-1-2-4-8(7)9;1-3-2(4)5/h1-4,9H,5-6,10H2;3H,1H3,(H,4,5). The molecule has 82 valence electrons. The molecule has 1 unspecified atom stereocenters. The lowest BCUT2D eigenvalue weighted by atomic mass is 10.1. The Kier molecular flexibility index (Phi) is 4.12. The molecule has 4 N–H and O–H groups in total. The van der Waals surface area contributed by atoms with Gasteiger partial charge in [-0.05, 0) is 24.0 Å². The summed E-state index contributed by atoms with van der Waals surface area (Å²) in [7, 11) is 1.35. The van der Waals surface area contributed by atoms with Gasteiger partial charge in [0, 0.05) is 13.1 Å². The molecule has 1 atom stereocenters. The van der Waals surface area contributed by atoms with Crippen LogP contribution in [0.4, 0.5) is 4.79 Å². The second-order valence-electron chi connectivity index (χ2n) is 3.40. The first-order valence-electron chi connectivity index (χ1n) is 4.89. The molecule has 1 aromatic carbocycles. The van der Waals surface area contributed by atoms with Gasteiger partial charge in [0.15, 0.2) is 0 Å². The molecule has 0 saturated carbocycles. The summed E-state index contributed by atoms with van der Waals surface area (Å²) in [6, 6.07) is 8.74. The zero-order valence-corrected chi connectivity index (χ0v) is 8.73. The van der Waals surface area contributed by atoms with Gasteiger partial charge in [-0.25, -0.2) is 4.79 Å². The number of benzene rings is 1. The average Bonchev–Trinajstić information content (AvgIpc) is 2.62. The molecule has 1 amide bonds. The number of carboxylic acid groups (broad SMARTS) is 1. The molecule has 0 fully saturated rings. The van der Waals surface area contributed by atoms with Gasteiger partial charge < -0.3 is 16.2 Å². The normalized spacial score (nSPS) is 17.3. The lowest BCUT2D eigenvalue weighted by molar-refractivity contribution is 0.197. The Morgan fingerprint density at radius 2 is 2.13 bits per heavy atom. The van der Waals surface area contributed by atoms with Crippen molar-refractivity contribution < 1.29 is 9.90 Å². The number of hydrogen-bond donors (Lipinski definition) is 3. The molecule has 0 spiro atoms. The fourth-order valence-electron chi connectivity index (χ4n) is 1.59. The first kappa shape index (κ1) is 11.5. The second-order valence-corrected chi connectivity index (χ2v) is 3.40. The highest BCUT2D eigenvalue weighted by molar-refractivity contribution is 5.63. The lowest BCUT2D eigenvalue weighted by Crippen LogP contribution is -2.13. The summed E-state index contributed by atoms with van der Waals surface area (Å²) in [6.07, 6.45) is 1.29. The molecule has 4 nitrogen and oxygen atoms in total. The van der Waals surface area contributed by atoms with Crippen LogP contribution in [0.5, 0.6) is 0 Å². The lowest BCUT2D eigenvalue weighted by Gasteiger charge is -2.01. The van der Waals surface area contributed by atoms with Crippen molar-refractivity contribution >= 4 is 6.09 Å². The third-order valence-electron chi connectivity index (χ3n) is 2.39. The molecule has 1 aliphatic carbocycles. The van der Waals surface area contributed by atoms with E-state index in [-0.39, 0.29) is 0 Å². The van der Waals surface area contributed by atoms with Crippen LogP contribution in [-0.2, 0) is 6.42 Å². The number of nitrogens with two attached hydrogens (primary N) is 1. The molecule has 0 aliphatic heterocycles. The molecule has 2 rings (SSSR count). The van der Waals surface area contributed by atoms with Gasteiger partial charge in [-0.2, -0.15) is 0 Å². The van der Waals surface area contributed by atoms with Gasteiger partial charge in [0.2, 0.25) is 0 Å². The van der Waals surface area contributed by atoms with E-state index in [9.17, 15) is 4.79 Å². The van der Waals surface area contributed by atoms with E-state index in [1.54, 1.807) is 0 Å². The van der Waals surface area contributed by atoms with E-state index in [2.05, 4.69) is 24.3 Å². The van der Waals surface area contributed by atoms with E-state index in [1.165, 1.54) is 18.2 Å². The number of amides is 1. The van der Waals surface area contributed by atoms with Crippen LogP contribution in [0.25, 0.3) is 0 Å². The van der Waals surface area contributed by atoms with Gasteiger partial charge in [0.25, 0.3) is 0 Å². The summed E-state index contributed by atoms with van der Waals surface area (Å²) in [5.74, 6) is 0. The second kappa shape index (κ2) is 5.36. The highest BCUT2D eigenvalue weighted by Gasteiger charge is 2.16. The van der Waals surface area contributed by atoms with Gasteiger partial charge in [-0.3, -0.25) is 0 Å². The third kappa shape index (κ3) is 3.25. The summed E-state index contributed by atoms with van der Waals surface area (Å²) in [4.78, 5) is 9.26. The highest BCUT2D eigenvalue weighted by atomic mass is 16.4. The maximum Gasteiger partial charge on any atom is 0.404 e.